The van der Waals surface area contributed by atoms with E-state index in [0.29, 0.717) is 0 Å². The predicted octanol–water partition coefficient (Wildman–Crippen LogP) is 0.729. The molecule has 6 heavy (non-hydrogen) atoms. The maximum Gasteiger partial charge on any atom is 0.0190 e. The zero-order valence-corrected chi connectivity index (χ0v) is 5.11. The summed E-state index contributed by atoms with van der Waals surface area (Å²) in [5.74, 6) is 0.796. The van der Waals surface area contributed by atoms with Crippen molar-refractivity contribution in [1.29, 1.82) is 0 Å². The molecule has 1 rings (SSSR count). The van der Waals surface area contributed by atoms with Crippen LogP contribution < -0.4 is 5.73 Å². The Morgan fingerprint density at radius 3 is 2.33 bits per heavy atom. The molecule has 0 aromatic carbocycles. The fraction of sp³-hybridized carbons (Fsp3) is 1.00. The molecule has 2 heteroatoms. The van der Waals surface area contributed by atoms with Crippen molar-refractivity contribution in [3.63, 3.8) is 0 Å². The van der Waals surface area contributed by atoms with E-state index in [2.05, 4.69) is 15.9 Å². The monoisotopic (exact) mass is 149 g/mol. The van der Waals surface area contributed by atoms with E-state index in [1.807, 2.05) is 0 Å². The number of hydrogen-bond donors (Lipinski definition) is 1. The van der Waals surface area contributed by atoms with E-state index in [9.17, 15) is 0 Å². The summed E-state index contributed by atoms with van der Waals surface area (Å²) in [5, 5.41) is 0. The summed E-state index contributed by atoms with van der Waals surface area (Å²) in [5.41, 5.74) is 5.29. The average Bonchev–Trinajstić information content (AvgIpc) is 2.19. The highest BCUT2D eigenvalue weighted by molar-refractivity contribution is 9.09. The van der Waals surface area contributed by atoms with Gasteiger partial charge in [0.05, 0.1) is 0 Å². The molecule has 1 aliphatic rings. The number of rotatable bonds is 1. The fourth-order valence-electron chi connectivity index (χ4n) is 0.455. The number of alkyl halides is 1. The second kappa shape index (κ2) is 1.51. The third-order valence-electron chi connectivity index (χ3n) is 1.14. The highest BCUT2D eigenvalue weighted by atomic mass is 79.9. The lowest BCUT2D eigenvalue weighted by Crippen LogP contribution is -2.01. The summed E-state index contributed by atoms with van der Waals surface area (Å²) in [6.45, 7) is 0.857. The van der Waals surface area contributed by atoms with Crippen LogP contribution >= 0.6 is 15.9 Å². The molecule has 2 atom stereocenters. The standard InChI is InChI=1S/C4H8BrN/c5-4-1-3(4)2-6/h3-4H,1-2,6H2/t3-,4+/m0/s1. The summed E-state index contributed by atoms with van der Waals surface area (Å²) in [6.07, 6.45) is 1.29. The minimum Gasteiger partial charge on any atom is -0.330 e. The van der Waals surface area contributed by atoms with Crippen LogP contribution in [0.1, 0.15) is 6.42 Å². The van der Waals surface area contributed by atoms with Crippen LogP contribution in [0.2, 0.25) is 0 Å². The molecule has 2 N–H and O–H groups in total. The molecular weight excluding hydrogens is 142 g/mol. The SMILES string of the molecule is NC[C@@H]1C[C@H]1Br. The first-order valence-electron chi connectivity index (χ1n) is 2.18. The Kier molecular flexibility index (Phi) is 1.15. The van der Waals surface area contributed by atoms with Crippen molar-refractivity contribution in [2.24, 2.45) is 11.7 Å². The summed E-state index contributed by atoms with van der Waals surface area (Å²) < 4.78 is 0. The van der Waals surface area contributed by atoms with Gasteiger partial charge in [0.25, 0.3) is 0 Å². The smallest absolute Gasteiger partial charge is 0.0190 e. The van der Waals surface area contributed by atoms with Crippen LogP contribution in [0.15, 0.2) is 0 Å². The molecule has 0 aromatic heterocycles. The number of hydrogen-bond acceptors (Lipinski definition) is 1. The van der Waals surface area contributed by atoms with E-state index >= 15 is 0 Å². The molecule has 0 heterocycles. The summed E-state index contributed by atoms with van der Waals surface area (Å²) in [7, 11) is 0. The topological polar surface area (TPSA) is 26.0 Å². The van der Waals surface area contributed by atoms with E-state index in [4.69, 9.17) is 5.73 Å². The Morgan fingerprint density at radius 2 is 2.33 bits per heavy atom. The minimum absolute atomic E-state index is 0.752. The molecule has 0 bridgehead atoms. The van der Waals surface area contributed by atoms with Gasteiger partial charge in [-0.2, -0.15) is 0 Å². The Balaban J connectivity index is 2.09. The van der Waals surface area contributed by atoms with E-state index in [-0.39, 0.29) is 0 Å². The third-order valence-corrected chi connectivity index (χ3v) is 2.26. The molecule has 0 saturated heterocycles. The molecule has 0 aliphatic heterocycles. The lowest BCUT2D eigenvalue weighted by Gasteiger charge is -1.78. The van der Waals surface area contributed by atoms with Crippen LogP contribution in [-0.4, -0.2) is 11.4 Å². The van der Waals surface area contributed by atoms with Gasteiger partial charge < -0.3 is 5.73 Å². The first kappa shape index (κ1) is 4.60. The summed E-state index contributed by atoms with van der Waals surface area (Å²) in [6, 6.07) is 0. The number of nitrogens with two attached hydrogens (primary N) is 1. The molecule has 1 fully saturated rings. The van der Waals surface area contributed by atoms with Crippen LogP contribution in [-0.2, 0) is 0 Å². The van der Waals surface area contributed by atoms with Crippen molar-refractivity contribution < 1.29 is 0 Å². The Morgan fingerprint density at radius 1 is 1.83 bits per heavy atom. The van der Waals surface area contributed by atoms with Crippen molar-refractivity contribution in [1.82, 2.24) is 0 Å². The predicted molar refractivity (Wildman–Crippen MR) is 29.9 cm³/mol. The van der Waals surface area contributed by atoms with Crippen molar-refractivity contribution in [2.75, 3.05) is 6.54 Å². The van der Waals surface area contributed by atoms with Gasteiger partial charge in [-0.1, -0.05) is 15.9 Å². The molecule has 1 nitrogen and oxygen atoms in total. The Bertz CT molecular complexity index is 53.5. The van der Waals surface area contributed by atoms with Gasteiger partial charge in [-0.15, -0.1) is 0 Å². The maximum atomic E-state index is 5.29. The summed E-state index contributed by atoms with van der Waals surface area (Å²) in [4.78, 5) is 0.752. The molecule has 1 saturated carbocycles. The Labute approximate surface area is 46.0 Å². The van der Waals surface area contributed by atoms with Crippen molar-refractivity contribution in [3.05, 3.63) is 0 Å². The Hall–Kier alpha value is 0.440. The van der Waals surface area contributed by atoms with Gasteiger partial charge in [-0.05, 0) is 18.9 Å². The molecular formula is C4H8BrN. The first-order valence-corrected chi connectivity index (χ1v) is 3.10. The van der Waals surface area contributed by atoms with E-state index in [1.165, 1.54) is 6.42 Å². The van der Waals surface area contributed by atoms with E-state index in [1.54, 1.807) is 0 Å². The molecule has 36 valence electrons. The molecule has 0 aromatic rings. The van der Waals surface area contributed by atoms with Gasteiger partial charge in [0.15, 0.2) is 0 Å². The van der Waals surface area contributed by atoms with E-state index < -0.39 is 0 Å². The summed E-state index contributed by atoms with van der Waals surface area (Å²) >= 11 is 3.43. The van der Waals surface area contributed by atoms with Gasteiger partial charge in [-0.3, -0.25) is 0 Å². The van der Waals surface area contributed by atoms with Gasteiger partial charge in [0.2, 0.25) is 0 Å². The normalized spacial score (nSPS) is 43.0. The van der Waals surface area contributed by atoms with Crippen LogP contribution in [0.25, 0.3) is 0 Å². The molecule has 1 aliphatic carbocycles. The lowest BCUT2D eigenvalue weighted by atomic mass is 10.4. The minimum atomic E-state index is 0.752. The largest absolute Gasteiger partial charge is 0.330 e. The lowest BCUT2D eigenvalue weighted by molar-refractivity contribution is 0.853. The van der Waals surface area contributed by atoms with Crippen LogP contribution in [0.3, 0.4) is 0 Å². The fourth-order valence-corrected chi connectivity index (χ4v) is 1.15. The molecule has 0 amide bonds. The highest BCUT2D eigenvalue weighted by Gasteiger charge is 2.32. The highest BCUT2D eigenvalue weighted by Crippen LogP contribution is 2.36. The molecule has 0 spiro atoms. The van der Waals surface area contributed by atoms with Gasteiger partial charge >= 0.3 is 0 Å². The van der Waals surface area contributed by atoms with Crippen LogP contribution in [0.4, 0.5) is 0 Å². The second-order valence-electron chi connectivity index (χ2n) is 1.75. The van der Waals surface area contributed by atoms with Gasteiger partial charge in [0.1, 0.15) is 0 Å². The molecule has 0 radical (unpaired) electrons. The van der Waals surface area contributed by atoms with Crippen molar-refractivity contribution in [2.45, 2.75) is 11.2 Å². The van der Waals surface area contributed by atoms with Crippen molar-refractivity contribution in [3.8, 4) is 0 Å². The second-order valence-corrected chi connectivity index (χ2v) is 2.92. The third kappa shape index (κ3) is 0.738. The zero-order valence-electron chi connectivity index (χ0n) is 3.52. The van der Waals surface area contributed by atoms with Crippen molar-refractivity contribution >= 4 is 15.9 Å². The van der Waals surface area contributed by atoms with Gasteiger partial charge in [0, 0.05) is 4.83 Å². The maximum absolute atomic E-state index is 5.29. The first-order chi connectivity index (χ1) is 2.84. The van der Waals surface area contributed by atoms with Gasteiger partial charge in [-0.25, -0.2) is 0 Å². The van der Waals surface area contributed by atoms with Crippen LogP contribution in [0, 0.1) is 5.92 Å². The number of halogens is 1. The molecule has 0 unspecified atom stereocenters. The average molecular weight is 150 g/mol. The zero-order chi connectivity index (χ0) is 4.57. The van der Waals surface area contributed by atoms with E-state index in [0.717, 1.165) is 17.3 Å². The quantitative estimate of drug-likeness (QED) is 0.548. The van der Waals surface area contributed by atoms with Crippen LogP contribution in [0.5, 0.6) is 0 Å².